The number of rotatable bonds is 11. The zero-order chi connectivity index (χ0) is 18.2. The zero-order valence-corrected chi connectivity index (χ0v) is 14.7. The molecule has 0 bridgehead atoms. The molecule has 0 amide bonds. The Morgan fingerprint density at radius 3 is 2.75 bits per heavy atom. The highest BCUT2D eigenvalue weighted by Gasteiger charge is 2.44. The van der Waals surface area contributed by atoms with Gasteiger partial charge in [0.05, 0.1) is 12.6 Å². The third-order valence-corrected chi connectivity index (χ3v) is 3.93. The summed E-state index contributed by atoms with van der Waals surface area (Å²) in [6, 6.07) is -1.21. The highest BCUT2D eigenvalue weighted by Crippen LogP contribution is 2.24. The van der Waals surface area contributed by atoms with Crippen molar-refractivity contribution in [2.24, 2.45) is 11.7 Å². The standard InChI is InChI=1S/C17H30N2O5/c1-12(2)9-15(18)17(22,16(20)21)11-13-10-14(5-6-19-13)24-8-4-7-23-3/h5-6,10,12-13,15,19,22H,4,7-9,11,18H2,1-3H3,(H,20,21)/t13?,15-,17+/m0/s1. The molecule has 0 aromatic heterocycles. The second-order valence-corrected chi connectivity index (χ2v) is 6.54. The summed E-state index contributed by atoms with van der Waals surface area (Å²) in [7, 11) is 1.63. The number of hydrogen-bond acceptors (Lipinski definition) is 6. The first-order chi connectivity index (χ1) is 11.3. The van der Waals surface area contributed by atoms with E-state index in [0.717, 1.165) is 6.42 Å². The van der Waals surface area contributed by atoms with Gasteiger partial charge in [-0.05, 0) is 24.5 Å². The first-order valence-electron chi connectivity index (χ1n) is 8.27. The number of aliphatic carboxylic acids is 1. The quantitative estimate of drug-likeness (QED) is 0.414. The summed E-state index contributed by atoms with van der Waals surface area (Å²) in [4.78, 5) is 11.6. The van der Waals surface area contributed by atoms with Gasteiger partial charge in [0.2, 0.25) is 0 Å². The monoisotopic (exact) mass is 342 g/mol. The van der Waals surface area contributed by atoms with Crippen LogP contribution in [0.15, 0.2) is 24.1 Å². The smallest absolute Gasteiger partial charge is 0.337 e. The van der Waals surface area contributed by atoms with Gasteiger partial charge in [-0.1, -0.05) is 13.8 Å². The minimum Gasteiger partial charge on any atom is -0.494 e. The van der Waals surface area contributed by atoms with E-state index in [-0.39, 0.29) is 18.4 Å². The fourth-order valence-corrected chi connectivity index (χ4v) is 2.60. The van der Waals surface area contributed by atoms with Crippen molar-refractivity contribution in [3.63, 3.8) is 0 Å². The van der Waals surface area contributed by atoms with Gasteiger partial charge in [0.1, 0.15) is 5.76 Å². The second kappa shape index (κ2) is 9.66. The summed E-state index contributed by atoms with van der Waals surface area (Å²) in [5, 5.41) is 23.1. The van der Waals surface area contributed by atoms with Gasteiger partial charge in [-0.25, -0.2) is 4.79 Å². The molecule has 1 heterocycles. The first kappa shape index (κ1) is 20.5. The number of nitrogens with two attached hydrogens (primary N) is 1. The molecule has 1 rings (SSSR count). The van der Waals surface area contributed by atoms with Crippen LogP contribution < -0.4 is 11.1 Å². The molecule has 1 aliphatic heterocycles. The van der Waals surface area contributed by atoms with E-state index in [0.29, 0.717) is 25.4 Å². The van der Waals surface area contributed by atoms with Crippen molar-refractivity contribution in [1.29, 1.82) is 0 Å². The van der Waals surface area contributed by atoms with Crippen LogP contribution in [0.3, 0.4) is 0 Å². The average molecular weight is 342 g/mol. The van der Waals surface area contributed by atoms with Gasteiger partial charge in [0, 0.05) is 38.8 Å². The maximum Gasteiger partial charge on any atom is 0.337 e. The van der Waals surface area contributed by atoms with Crippen molar-refractivity contribution in [2.75, 3.05) is 20.3 Å². The van der Waals surface area contributed by atoms with Crippen LogP contribution in [0.25, 0.3) is 0 Å². The normalized spacial score (nSPS) is 20.9. The fourth-order valence-electron chi connectivity index (χ4n) is 2.60. The number of aliphatic hydroxyl groups is 1. The number of carbonyl (C=O) groups is 1. The molecule has 24 heavy (non-hydrogen) atoms. The van der Waals surface area contributed by atoms with E-state index in [1.165, 1.54) is 0 Å². The van der Waals surface area contributed by atoms with Crippen molar-refractivity contribution in [2.45, 2.75) is 50.8 Å². The number of hydrogen-bond donors (Lipinski definition) is 4. The lowest BCUT2D eigenvalue weighted by Crippen LogP contribution is -2.57. The van der Waals surface area contributed by atoms with Gasteiger partial charge in [-0.3, -0.25) is 0 Å². The van der Waals surface area contributed by atoms with Crippen LogP contribution in [0.2, 0.25) is 0 Å². The molecule has 7 nitrogen and oxygen atoms in total. The number of carboxylic acids is 1. The number of dihydropyridines is 1. The van der Waals surface area contributed by atoms with E-state index in [4.69, 9.17) is 15.2 Å². The predicted octanol–water partition coefficient (Wildman–Crippen LogP) is 0.988. The molecule has 0 radical (unpaired) electrons. The highest BCUT2D eigenvalue weighted by molar-refractivity contribution is 5.78. The molecule has 0 saturated heterocycles. The Hall–Kier alpha value is -1.57. The maximum atomic E-state index is 11.6. The fraction of sp³-hybridized carbons (Fsp3) is 0.706. The molecule has 0 spiro atoms. The maximum absolute atomic E-state index is 11.6. The number of ether oxygens (including phenoxy) is 2. The molecule has 0 saturated carbocycles. The molecular weight excluding hydrogens is 312 g/mol. The predicted molar refractivity (Wildman–Crippen MR) is 91.2 cm³/mol. The van der Waals surface area contributed by atoms with E-state index in [1.807, 2.05) is 13.8 Å². The van der Waals surface area contributed by atoms with E-state index in [1.54, 1.807) is 25.5 Å². The molecule has 5 N–H and O–H groups in total. The van der Waals surface area contributed by atoms with E-state index >= 15 is 0 Å². The summed E-state index contributed by atoms with van der Waals surface area (Å²) >= 11 is 0. The van der Waals surface area contributed by atoms with Crippen LogP contribution in [0.5, 0.6) is 0 Å². The molecule has 1 aliphatic rings. The van der Waals surface area contributed by atoms with Crippen molar-refractivity contribution in [3.8, 4) is 0 Å². The third-order valence-electron chi connectivity index (χ3n) is 3.93. The summed E-state index contributed by atoms with van der Waals surface area (Å²) in [5.41, 5.74) is 3.98. The summed E-state index contributed by atoms with van der Waals surface area (Å²) < 4.78 is 10.6. The Morgan fingerprint density at radius 2 is 2.17 bits per heavy atom. The van der Waals surface area contributed by atoms with Crippen LogP contribution in [-0.4, -0.2) is 54.2 Å². The van der Waals surface area contributed by atoms with Gasteiger partial charge in [0.15, 0.2) is 5.60 Å². The molecule has 138 valence electrons. The molecule has 1 unspecified atom stereocenters. The van der Waals surface area contributed by atoms with Gasteiger partial charge < -0.3 is 30.7 Å². The molecule has 7 heteroatoms. The van der Waals surface area contributed by atoms with Crippen LogP contribution in [0, 0.1) is 5.92 Å². The van der Waals surface area contributed by atoms with Gasteiger partial charge >= 0.3 is 5.97 Å². The number of allylic oxidation sites excluding steroid dienone is 1. The summed E-state index contributed by atoms with van der Waals surface area (Å²) in [6.45, 7) is 5.00. The van der Waals surface area contributed by atoms with Gasteiger partial charge in [-0.2, -0.15) is 0 Å². The minimum atomic E-state index is -2.00. The lowest BCUT2D eigenvalue weighted by atomic mass is 9.83. The Balaban J connectivity index is 2.71. The number of methoxy groups -OCH3 is 1. The van der Waals surface area contributed by atoms with Crippen LogP contribution in [0.4, 0.5) is 0 Å². The first-order valence-corrected chi connectivity index (χ1v) is 8.27. The molecule has 0 fully saturated rings. The Kier molecular flexibility index (Phi) is 8.24. The second-order valence-electron chi connectivity index (χ2n) is 6.54. The van der Waals surface area contributed by atoms with Gasteiger partial charge in [0.25, 0.3) is 0 Å². The summed E-state index contributed by atoms with van der Waals surface area (Å²) in [5.74, 6) is -0.469. The minimum absolute atomic E-state index is 0.0362. The molecule has 0 aliphatic carbocycles. The Morgan fingerprint density at radius 1 is 1.46 bits per heavy atom. The SMILES string of the molecule is COCCCOC1=CC(C[C@](O)(C(=O)O)[C@@H](N)CC(C)C)NC=C1. The average Bonchev–Trinajstić information content (AvgIpc) is 2.51. The lowest BCUT2D eigenvalue weighted by Gasteiger charge is -2.34. The Labute approximate surface area is 143 Å². The van der Waals surface area contributed by atoms with Crippen molar-refractivity contribution in [3.05, 3.63) is 24.1 Å². The number of carboxylic acid groups (broad SMARTS) is 1. The highest BCUT2D eigenvalue weighted by atomic mass is 16.5. The topological polar surface area (TPSA) is 114 Å². The van der Waals surface area contributed by atoms with E-state index in [9.17, 15) is 15.0 Å². The molecule has 3 atom stereocenters. The Bertz CT molecular complexity index is 464. The van der Waals surface area contributed by atoms with Crippen molar-refractivity contribution in [1.82, 2.24) is 5.32 Å². The van der Waals surface area contributed by atoms with E-state index < -0.39 is 17.6 Å². The number of nitrogens with one attached hydrogen (secondary N) is 1. The molecular formula is C17H30N2O5. The largest absolute Gasteiger partial charge is 0.494 e. The van der Waals surface area contributed by atoms with Crippen LogP contribution in [0.1, 0.15) is 33.1 Å². The molecule has 0 aromatic carbocycles. The van der Waals surface area contributed by atoms with Gasteiger partial charge in [-0.15, -0.1) is 0 Å². The molecule has 0 aromatic rings. The van der Waals surface area contributed by atoms with Crippen LogP contribution in [-0.2, 0) is 14.3 Å². The van der Waals surface area contributed by atoms with Crippen LogP contribution >= 0.6 is 0 Å². The van der Waals surface area contributed by atoms with E-state index in [2.05, 4.69) is 5.32 Å². The van der Waals surface area contributed by atoms with Crippen molar-refractivity contribution < 1.29 is 24.5 Å². The third kappa shape index (κ3) is 6.14. The summed E-state index contributed by atoms with van der Waals surface area (Å²) in [6.07, 6.45) is 6.37. The van der Waals surface area contributed by atoms with Crippen molar-refractivity contribution >= 4 is 5.97 Å². The lowest BCUT2D eigenvalue weighted by molar-refractivity contribution is -0.162. The zero-order valence-electron chi connectivity index (χ0n) is 14.7.